The van der Waals surface area contributed by atoms with Crippen LogP contribution in [0.4, 0.5) is 10.5 Å². The zero-order valence-corrected chi connectivity index (χ0v) is 23.8. The summed E-state index contributed by atoms with van der Waals surface area (Å²) >= 11 is 4.32. The number of aryl methyl sites for hydroxylation is 2. The van der Waals surface area contributed by atoms with E-state index in [1.165, 1.54) is 4.90 Å². The molecule has 2 N–H and O–H groups in total. The van der Waals surface area contributed by atoms with Crippen LogP contribution in [0, 0.1) is 13.8 Å². The molecule has 0 aromatic heterocycles. The fourth-order valence-corrected chi connectivity index (χ4v) is 4.71. The van der Waals surface area contributed by atoms with Gasteiger partial charge in [-0.15, -0.1) is 0 Å². The second kappa shape index (κ2) is 12.3. The number of carbonyl (C=O) groups excluding carboxylic acids is 3. The molecule has 0 spiro atoms. The van der Waals surface area contributed by atoms with Crippen LogP contribution in [-0.2, 0) is 14.3 Å². The smallest absolute Gasteiger partial charge is 0.408 e. The van der Waals surface area contributed by atoms with Crippen LogP contribution in [0.2, 0.25) is 0 Å². The molecule has 3 rings (SSSR count). The van der Waals surface area contributed by atoms with E-state index in [1.54, 1.807) is 20.8 Å². The standard InChI is InChI=1S/C30H37N3O4S/c1-7-33(28(35)24(18-38)32-29(36)37-30(4,5)6)26(25-19(2)11-10-12-20(25)3)27(34)31-23-16-15-21-13-8-9-14-22(21)17-23/h8-17,24,26,38H,7,18H2,1-6H3,(H,31,34)(H,32,36). The molecule has 0 saturated carbocycles. The van der Waals surface area contributed by atoms with Gasteiger partial charge < -0.3 is 20.3 Å². The molecule has 0 aliphatic heterocycles. The quantitative estimate of drug-likeness (QED) is 0.318. The number of ether oxygens (including phenoxy) is 1. The molecule has 2 unspecified atom stereocenters. The van der Waals surface area contributed by atoms with Gasteiger partial charge in [0.2, 0.25) is 5.91 Å². The summed E-state index contributed by atoms with van der Waals surface area (Å²) in [6.07, 6.45) is -0.717. The van der Waals surface area contributed by atoms with E-state index in [4.69, 9.17) is 4.74 Å². The number of nitrogens with zero attached hydrogens (tertiary/aromatic N) is 1. The van der Waals surface area contributed by atoms with Crippen molar-refractivity contribution in [3.05, 3.63) is 77.4 Å². The Morgan fingerprint density at radius 3 is 2.16 bits per heavy atom. The average Bonchev–Trinajstić information content (AvgIpc) is 2.85. The summed E-state index contributed by atoms with van der Waals surface area (Å²) in [4.78, 5) is 41.7. The van der Waals surface area contributed by atoms with Crippen molar-refractivity contribution in [1.29, 1.82) is 0 Å². The van der Waals surface area contributed by atoms with E-state index in [0.717, 1.165) is 27.5 Å². The number of alkyl carbamates (subject to hydrolysis) is 1. The number of anilines is 1. The predicted octanol–water partition coefficient (Wildman–Crippen LogP) is 5.81. The molecule has 0 bridgehead atoms. The Morgan fingerprint density at radius 1 is 0.947 bits per heavy atom. The molecule has 0 aliphatic carbocycles. The summed E-state index contributed by atoms with van der Waals surface area (Å²) in [6, 6.07) is 17.5. The third-order valence-corrected chi connectivity index (χ3v) is 6.55. The lowest BCUT2D eigenvalue weighted by Crippen LogP contribution is -2.53. The van der Waals surface area contributed by atoms with Gasteiger partial charge in [0, 0.05) is 18.0 Å². The second-order valence-corrected chi connectivity index (χ2v) is 10.6. The minimum Gasteiger partial charge on any atom is -0.444 e. The second-order valence-electron chi connectivity index (χ2n) is 10.3. The summed E-state index contributed by atoms with van der Waals surface area (Å²) in [5, 5.41) is 7.70. The fraction of sp³-hybridized carbons (Fsp3) is 0.367. The Balaban J connectivity index is 1.98. The van der Waals surface area contributed by atoms with Gasteiger partial charge in [-0.05, 0) is 81.1 Å². The lowest BCUT2D eigenvalue weighted by atomic mass is 9.93. The van der Waals surface area contributed by atoms with Crippen LogP contribution < -0.4 is 10.6 Å². The topological polar surface area (TPSA) is 87.7 Å². The number of likely N-dealkylation sites (N-methyl/N-ethyl adjacent to an activating group) is 1. The van der Waals surface area contributed by atoms with Gasteiger partial charge in [-0.25, -0.2) is 4.79 Å². The number of amides is 3. The van der Waals surface area contributed by atoms with Gasteiger partial charge in [0.25, 0.3) is 5.91 Å². The van der Waals surface area contributed by atoms with Crippen LogP contribution in [0.25, 0.3) is 10.8 Å². The molecule has 0 radical (unpaired) electrons. The number of thiol groups is 1. The van der Waals surface area contributed by atoms with Crippen LogP contribution in [0.1, 0.15) is 50.4 Å². The highest BCUT2D eigenvalue weighted by Crippen LogP contribution is 2.30. The van der Waals surface area contributed by atoms with Crippen molar-refractivity contribution in [2.45, 2.75) is 59.2 Å². The first-order chi connectivity index (χ1) is 17.9. The molecule has 8 heteroatoms. The zero-order valence-electron chi connectivity index (χ0n) is 22.9. The molecular weight excluding hydrogens is 498 g/mol. The lowest BCUT2D eigenvalue weighted by molar-refractivity contribution is -0.140. The first kappa shape index (κ1) is 29.0. The molecular formula is C30H37N3O4S. The number of fused-ring (bicyclic) bond motifs is 1. The van der Waals surface area contributed by atoms with E-state index >= 15 is 0 Å². The first-order valence-corrected chi connectivity index (χ1v) is 13.3. The van der Waals surface area contributed by atoms with Crippen LogP contribution >= 0.6 is 12.6 Å². The Morgan fingerprint density at radius 2 is 1.58 bits per heavy atom. The molecule has 0 heterocycles. The molecule has 2 atom stereocenters. The summed E-state index contributed by atoms with van der Waals surface area (Å²) in [7, 11) is 0. The van der Waals surface area contributed by atoms with Crippen molar-refractivity contribution in [2.24, 2.45) is 0 Å². The normalized spacial score (nSPS) is 12.9. The van der Waals surface area contributed by atoms with E-state index in [0.29, 0.717) is 5.69 Å². The minimum atomic E-state index is -0.978. The maximum Gasteiger partial charge on any atom is 0.408 e. The lowest BCUT2D eigenvalue weighted by Gasteiger charge is -2.34. The average molecular weight is 536 g/mol. The summed E-state index contributed by atoms with van der Waals surface area (Å²) in [5.41, 5.74) is 2.43. The molecule has 0 fully saturated rings. The zero-order chi connectivity index (χ0) is 28.0. The van der Waals surface area contributed by atoms with E-state index < -0.39 is 29.7 Å². The third-order valence-electron chi connectivity index (χ3n) is 6.19. The molecule has 38 heavy (non-hydrogen) atoms. The highest BCUT2D eigenvalue weighted by atomic mass is 32.1. The SMILES string of the molecule is CCN(C(=O)C(CS)NC(=O)OC(C)(C)C)C(C(=O)Nc1ccc2ccccc2c1)c1c(C)cccc1C. The minimum absolute atomic E-state index is 0.0420. The summed E-state index contributed by atoms with van der Waals surface area (Å²) in [6.45, 7) is 11.1. The number of rotatable bonds is 8. The monoisotopic (exact) mass is 535 g/mol. The van der Waals surface area contributed by atoms with E-state index in [9.17, 15) is 14.4 Å². The largest absolute Gasteiger partial charge is 0.444 e. The molecule has 3 aromatic carbocycles. The van der Waals surface area contributed by atoms with Crippen molar-refractivity contribution in [3.63, 3.8) is 0 Å². The Labute approximate surface area is 230 Å². The van der Waals surface area contributed by atoms with E-state index in [2.05, 4.69) is 23.3 Å². The predicted molar refractivity (Wildman–Crippen MR) is 156 cm³/mol. The van der Waals surface area contributed by atoms with Crippen molar-refractivity contribution in [2.75, 3.05) is 17.6 Å². The molecule has 7 nitrogen and oxygen atoms in total. The van der Waals surface area contributed by atoms with Gasteiger partial charge in [-0.3, -0.25) is 9.59 Å². The van der Waals surface area contributed by atoms with Crippen molar-refractivity contribution in [1.82, 2.24) is 10.2 Å². The van der Waals surface area contributed by atoms with Crippen molar-refractivity contribution < 1.29 is 19.1 Å². The maximum atomic E-state index is 13.9. The Kier molecular flexibility index (Phi) is 9.44. The van der Waals surface area contributed by atoms with Gasteiger partial charge in [-0.2, -0.15) is 12.6 Å². The number of benzene rings is 3. The number of nitrogens with one attached hydrogen (secondary N) is 2. The number of hydrogen-bond donors (Lipinski definition) is 3. The Bertz CT molecular complexity index is 1300. The summed E-state index contributed by atoms with van der Waals surface area (Å²) < 4.78 is 5.34. The van der Waals surface area contributed by atoms with Crippen LogP contribution in [0.3, 0.4) is 0 Å². The highest BCUT2D eigenvalue weighted by molar-refractivity contribution is 7.80. The first-order valence-electron chi connectivity index (χ1n) is 12.7. The van der Waals surface area contributed by atoms with E-state index in [1.807, 2.05) is 81.4 Å². The third kappa shape index (κ3) is 7.07. The van der Waals surface area contributed by atoms with Crippen molar-refractivity contribution >= 4 is 47.0 Å². The number of carbonyl (C=O) groups is 3. The fourth-order valence-electron chi connectivity index (χ4n) is 4.47. The van der Waals surface area contributed by atoms with Gasteiger partial charge in [0.05, 0.1) is 0 Å². The van der Waals surface area contributed by atoms with Gasteiger partial charge in [0.15, 0.2) is 0 Å². The summed E-state index contributed by atoms with van der Waals surface area (Å²) in [5.74, 6) is -0.724. The van der Waals surface area contributed by atoms with Crippen LogP contribution in [-0.4, -0.2) is 46.7 Å². The Hall–Kier alpha value is -3.52. The van der Waals surface area contributed by atoms with Crippen molar-refractivity contribution in [3.8, 4) is 0 Å². The molecule has 3 aromatic rings. The molecule has 202 valence electrons. The van der Waals surface area contributed by atoms with E-state index in [-0.39, 0.29) is 18.2 Å². The number of hydrogen-bond acceptors (Lipinski definition) is 5. The van der Waals surface area contributed by atoms with Crippen LogP contribution in [0.5, 0.6) is 0 Å². The van der Waals surface area contributed by atoms with Crippen LogP contribution in [0.15, 0.2) is 60.7 Å². The molecule has 0 aliphatic rings. The molecule has 0 saturated heterocycles. The maximum absolute atomic E-state index is 13.9. The van der Waals surface area contributed by atoms with Gasteiger partial charge >= 0.3 is 6.09 Å². The highest BCUT2D eigenvalue weighted by Gasteiger charge is 2.36. The van der Waals surface area contributed by atoms with Gasteiger partial charge in [0.1, 0.15) is 17.7 Å². The van der Waals surface area contributed by atoms with Gasteiger partial charge in [-0.1, -0.05) is 48.5 Å². The molecule has 3 amide bonds.